The van der Waals surface area contributed by atoms with Crippen molar-refractivity contribution in [3.8, 4) is 0 Å². The Labute approximate surface area is 123 Å². The van der Waals surface area contributed by atoms with Gasteiger partial charge in [0.25, 0.3) is 0 Å². The molecule has 4 nitrogen and oxygen atoms in total. The van der Waals surface area contributed by atoms with Crippen molar-refractivity contribution in [3.05, 3.63) is 40.9 Å². The first kappa shape index (κ1) is 14.7. The number of hydrogen-bond acceptors (Lipinski definition) is 4. The molecule has 0 aliphatic heterocycles. The number of amides is 1. The van der Waals surface area contributed by atoms with Gasteiger partial charge in [0.05, 0.1) is 0 Å². The molecule has 0 radical (unpaired) electrons. The lowest BCUT2D eigenvalue weighted by molar-refractivity contribution is -0.116. The molecule has 0 bridgehead atoms. The van der Waals surface area contributed by atoms with E-state index < -0.39 is 0 Å². The van der Waals surface area contributed by atoms with Gasteiger partial charge in [0, 0.05) is 12.8 Å². The Balaban J connectivity index is 1.94. The van der Waals surface area contributed by atoms with E-state index in [1.54, 1.807) is 0 Å². The van der Waals surface area contributed by atoms with Gasteiger partial charge >= 0.3 is 0 Å². The first-order valence-corrected chi connectivity index (χ1v) is 7.68. The highest BCUT2D eigenvalue weighted by atomic mass is 32.1. The quantitative estimate of drug-likeness (QED) is 0.883. The van der Waals surface area contributed by atoms with Crippen LogP contribution in [0.4, 0.5) is 5.13 Å². The molecule has 1 N–H and O–H groups in total. The molecule has 20 heavy (non-hydrogen) atoms. The molecule has 0 fully saturated rings. The van der Waals surface area contributed by atoms with Crippen molar-refractivity contribution in [2.75, 3.05) is 5.32 Å². The number of carbonyl (C=O) groups is 1. The first-order chi connectivity index (χ1) is 9.69. The van der Waals surface area contributed by atoms with Crippen molar-refractivity contribution in [1.29, 1.82) is 0 Å². The number of anilines is 1. The number of aromatic nitrogens is 2. The summed E-state index contributed by atoms with van der Waals surface area (Å²) in [6.07, 6.45) is 2.20. The summed E-state index contributed by atoms with van der Waals surface area (Å²) in [7, 11) is 0. The molecule has 0 aliphatic rings. The fourth-order valence-electron chi connectivity index (χ4n) is 1.96. The summed E-state index contributed by atoms with van der Waals surface area (Å²) < 4.78 is 0. The fourth-order valence-corrected chi connectivity index (χ4v) is 2.84. The van der Waals surface area contributed by atoms with Crippen LogP contribution in [0.5, 0.6) is 0 Å². The summed E-state index contributed by atoms with van der Waals surface area (Å²) in [5.74, 6) is 0.398. The van der Waals surface area contributed by atoms with E-state index in [1.165, 1.54) is 16.9 Å². The lowest BCUT2D eigenvalue weighted by atomic mass is 9.98. The van der Waals surface area contributed by atoms with Crippen LogP contribution in [-0.2, 0) is 11.2 Å². The molecule has 1 heterocycles. The Morgan fingerprint density at radius 3 is 2.75 bits per heavy atom. The third-order valence-corrected chi connectivity index (χ3v) is 3.90. The largest absolute Gasteiger partial charge is 0.301 e. The van der Waals surface area contributed by atoms with E-state index in [9.17, 15) is 4.79 Å². The predicted octanol–water partition coefficient (Wildman–Crippen LogP) is 3.62. The summed E-state index contributed by atoms with van der Waals surface area (Å²) in [6.45, 7) is 4.15. The molecule has 2 rings (SSSR count). The highest BCUT2D eigenvalue weighted by Crippen LogP contribution is 2.24. The maximum Gasteiger partial charge on any atom is 0.226 e. The molecule has 106 valence electrons. The highest BCUT2D eigenvalue weighted by Gasteiger charge is 2.12. The Morgan fingerprint density at radius 2 is 2.05 bits per heavy atom. The van der Waals surface area contributed by atoms with Crippen LogP contribution in [0.15, 0.2) is 30.3 Å². The Hall–Kier alpha value is -1.75. The predicted molar refractivity (Wildman–Crippen MR) is 82.0 cm³/mol. The lowest BCUT2D eigenvalue weighted by Gasteiger charge is -2.08. The maximum absolute atomic E-state index is 11.5. The third kappa shape index (κ3) is 4.13. The molecular weight excluding hydrogens is 270 g/mol. The van der Waals surface area contributed by atoms with Gasteiger partial charge in [0.15, 0.2) is 0 Å². The summed E-state index contributed by atoms with van der Waals surface area (Å²) in [4.78, 5) is 11.5. The zero-order chi connectivity index (χ0) is 14.4. The fraction of sp³-hybridized carbons (Fsp3) is 0.400. The van der Waals surface area contributed by atoms with Gasteiger partial charge in [-0.2, -0.15) is 0 Å². The molecule has 1 atom stereocenters. The van der Waals surface area contributed by atoms with Crippen molar-refractivity contribution in [2.24, 2.45) is 0 Å². The molecule has 1 unspecified atom stereocenters. The smallest absolute Gasteiger partial charge is 0.226 e. The Kier molecular flexibility index (Phi) is 5.24. The SMILES string of the molecule is CCCC(=O)Nc1nnc(CC(C)c2ccccc2)s1. The van der Waals surface area contributed by atoms with Gasteiger partial charge in [-0.25, -0.2) is 0 Å². The van der Waals surface area contributed by atoms with E-state index in [4.69, 9.17) is 0 Å². The number of nitrogens with one attached hydrogen (secondary N) is 1. The van der Waals surface area contributed by atoms with Gasteiger partial charge in [0.1, 0.15) is 5.01 Å². The van der Waals surface area contributed by atoms with Crippen LogP contribution >= 0.6 is 11.3 Å². The van der Waals surface area contributed by atoms with Crippen molar-refractivity contribution in [3.63, 3.8) is 0 Å². The van der Waals surface area contributed by atoms with E-state index in [1.807, 2.05) is 25.1 Å². The van der Waals surface area contributed by atoms with E-state index >= 15 is 0 Å². The van der Waals surface area contributed by atoms with Crippen LogP contribution < -0.4 is 5.32 Å². The Bertz CT molecular complexity index is 553. The molecule has 5 heteroatoms. The van der Waals surface area contributed by atoms with Crippen LogP contribution in [0.2, 0.25) is 0 Å². The molecule has 1 aromatic carbocycles. The van der Waals surface area contributed by atoms with Crippen molar-refractivity contribution in [2.45, 2.75) is 39.0 Å². The standard InChI is InChI=1S/C15H19N3OS/c1-3-7-13(19)16-15-18-17-14(20-15)10-11(2)12-8-5-4-6-9-12/h4-6,8-9,11H,3,7,10H2,1-2H3,(H,16,18,19). The van der Waals surface area contributed by atoms with Gasteiger partial charge in [-0.1, -0.05) is 55.5 Å². The third-order valence-electron chi connectivity index (χ3n) is 3.04. The second-order valence-corrected chi connectivity index (χ2v) is 5.88. The monoisotopic (exact) mass is 289 g/mol. The van der Waals surface area contributed by atoms with E-state index in [0.717, 1.165) is 17.8 Å². The van der Waals surface area contributed by atoms with Crippen molar-refractivity contribution >= 4 is 22.4 Å². The molecule has 2 aromatic rings. The summed E-state index contributed by atoms with van der Waals surface area (Å²) in [5.41, 5.74) is 1.29. The molecule has 0 spiro atoms. The van der Waals surface area contributed by atoms with Gasteiger partial charge in [-0.05, 0) is 17.9 Å². The summed E-state index contributed by atoms with van der Waals surface area (Å²) >= 11 is 1.46. The second-order valence-electron chi connectivity index (χ2n) is 4.81. The van der Waals surface area contributed by atoms with Gasteiger partial charge in [-0.3, -0.25) is 4.79 Å². The minimum absolute atomic E-state index is 0.00584. The number of benzene rings is 1. The average Bonchev–Trinajstić information content (AvgIpc) is 2.87. The van der Waals surface area contributed by atoms with E-state index in [2.05, 4.69) is 34.6 Å². The minimum Gasteiger partial charge on any atom is -0.301 e. The topological polar surface area (TPSA) is 54.9 Å². The van der Waals surface area contributed by atoms with Crippen LogP contribution in [0, 0.1) is 0 Å². The molecule has 0 saturated carbocycles. The minimum atomic E-state index is 0.00584. The molecule has 1 aromatic heterocycles. The van der Waals surface area contributed by atoms with Crippen molar-refractivity contribution < 1.29 is 4.79 Å². The number of nitrogens with zero attached hydrogens (tertiary/aromatic N) is 2. The van der Waals surface area contributed by atoms with E-state index in [-0.39, 0.29) is 5.91 Å². The lowest BCUT2D eigenvalue weighted by Crippen LogP contribution is -2.10. The number of rotatable bonds is 6. The molecular formula is C15H19N3OS. The second kappa shape index (κ2) is 7.14. The van der Waals surface area contributed by atoms with Crippen LogP contribution in [0.3, 0.4) is 0 Å². The van der Waals surface area contributed by atoms with Crippen LogP contribution in [0.25, 0.3) is 0 Å². The molecule has 0 saturated heterocycles. The summed E-state index contributed by atoms with van der Waals surface area (Å²) in [5, 5.41) is 12.5. The highest BCUT2D eigenvalue weighted by molar-refractivity contribution is 7.15. The summed E-state index contributed by atoms with van der Waals surface area (Å²) in [6, 6.07) is 10.3. The zero-order valence-electron chi connectivity index (χ0n) is 11.8. The van der Waals surface area contributed by atoms with Crippen LogP contribution in [0.1, 0.15) is 43.2 Å². The Morgan fingerprint density at radius 1 is 1.30 bits per heavy atom. The van der Waals surface area contributed by atoms with Gasteiger partial charge < -0.3 is 5.32 Å². The average molecular weight is 289 g/mol. The van der Waals surface area contributed by atoms with Gasteiger partial charge in [0.2, 0.25) is 11.0 Å². The zero-order valence-corrected chi connectivity index (χ0v) is 12.6. The molecule has 0 aliphatic carbocycles. The maximum atomic E-state index is 11.5. The molecule has 1 amide bonds. The normalized spacial score (nSPS) is 12.1. The first-order valence-electron chi connectivity index (χ1n) is 6.86. The van der Waals surface area contributed by atoms with Crippen LogP contribution in [-0.4, -0.2) is 16.1 Å². The van der Waals surface area contributed by atoms with Gasteiger partial charge in [-0.15, -0.1) is 10.2 Å². The van der Waals surface area contributed by atoms with E-state index in [0.29, 0.717) is 17.5 Å². The number of carbonyl (C=O) groups excluding carboxylic acids is 1. The number of hydrogen-bond donors (Lipinski definition) is 1. The van der Waals surface area contributed by atoms with Crippen molar-refractivity contribution in [1.82, 2.24) is 10.2 Å².